The van der Waals surface area contributed by atoms with Gasteiger partial charge >= 0.3 is 0 Å². The first-order chi connectivity index (χ1) is 14.1. The highest BCUT2D eigenvalue weighted by molar-refractivity contribution is 7.98. The number of nitrogens with zero attached hydrogens (tertiary/aromatic N) is 1. The maximum atomic E-state index is 12.7. The molecule has 0 saturated carbocycles. The first kappa shape index (κ1) is 18.6. The van der Waals surface area contributed by atoms with Crippen LogP contribution >= 0.6 is 34.7 Å². The first-order valence-electron chi connectivity index (χ1n) is 8.85. The summed E-state index contributed by atoms with van der Waals surface area (Å²) in [5, 5.41) is 3.00. The number of thiophene rings is 1. The molecule has 4 aromatic rings. The van der Waals surface area contributed by atoms with Crippen LogP contribution in [0.3, 0.4) is 0 Å². The lowest BCUT2D eigenvalue weighted by Crippen LogP contribution is -2.12. The van der Waals surface area contributed by atoms with Gasteiger partial charge in [-0.2, -0.15) is 0 Å². The lowest BCUT2D eigenvalue weighted by molar-refractivity contribution is 0.174. The van der Waals surface area contributed by atoms with Crippen LogP contribution in [0.5, 0.6) is 11.5 Å². The van der Waals surface area contributed by atoms with Crippen molar-refractivity contribution in [3.8, 4) is 22.8 Å². The molecule has 1 N–H and O–H groups in total. The molecule has 0 fully saturated rings. The van der Waals surface area contributed by atoms with Crippen LogP contribution in [0, 0.1) is 0 Å². The van der Waals surface area contributed by atoms with E-state index >= 15 is 0 Å². The molecule has 0 bridgehead atoms. The first-order valence-corrected chi connectivity index (χ1v) is 11.2. The third-order valence-electron chi connectivity index (χ3n) is 4.62. The van der Waals surface area contributed by atoms with Gasteiger partial charge in [-0.1, -0.05) is 11.6 Å². The van der Waals surface area contributed by atoms with Crippen molar-refractivity contribution in [1.82, 2.24) is 9.97 Å². The van der Waals surface area contributed by atoms with E-state index in [0.717, 1.165) is 11.1 Å². The number of aromatic amines is 1. The van der Waals surface area contributed by atoms with Crippen LogP contribution in [0.15, 0.2) is 45.1 Å². The zero-order chi connectivity index (χ0) is 20.0. The number of H-pyrrole nitrogens is 1. The van der Waals surface area contributed by atoms with Crippen LogP contribution in [0.1, 0.15) is 23.6 Å². The molecule has 6 nitrogen and oxygen atoms in total. The Morgan fingerprint density at radius 3 is 3.10 bits per heavy atom. The molecule has 9 heteroatoms. The maximum Gasteiger partial charge on any atom is 0.260 e. The number of rotatable bonds is 5. The van der Waals surface area contributed by atoms with E-state index in [2.05, 4.69) is 9.97 Å². The number of benzene rings is 1. The van der Waals surface area contributed by atoms with Gasteiger partial charge in [0.05, 0.1) is 21.9 Å². The minimum atomic E-state index is -0.156. The summed E-state index contributed by atoms with van der Waals surface area (Å²) in [6, 6.07) is 7.45. The summed E-state index contributed by atoms with van der Waals surface area (Å²) in [7, 11) is 0. The molecule has 4 heterocycles. The fraction of sp³-hybridized carbons (Fsp3) is 0.200. The van der Waals surface area contributed by atoms with Gasteiger partial charge in [-0.25, -0.2) is 4.98 Å². The van der Waals surface area contributed by atoms with Gasteiger partial charge < -0.3 is 18.9 Å². The predicted molar refractivity (Wildman–Crippen MR) is 115 cm³/mol. The number of nitrogens with one attached hydrogen (secondary N) is 1. The van der Waals surface area contributed by atoms with E-state index in [9.17, 15) is 4.79 Å². The third kappa shape index (κ3) is 3.41. The molecule has 1 aromatic carbocycles. The van der Waals surface area contributed by atoms with Crippen LogP contribution in [0.4, 0.5) is 0 Å². The van der Waals surface area contributed by atoms with E-state index in [-0.39, 0.29) is 17.6 Å². The molecule has 0 radical (unpaired) electrons. The summed E-state index contributed by atoms with van der Waals surface area (Å²) >= 11 is 9.35. The molecular formula is C20H15ClN2O4S2. The Bertz CT molecular complexity index is 1250. The lowest BCUT2D eigenvalue weighted by atomic mass is 10.2. The number of halogens is 1. The monoisotopic (exact) mass is 446 g/mol. The standard InChI is InChI=1S/C20H15ClN2O4S2/c1-10(28-7-11-5-13(21)17-15(6-11)26-9-27-17)18-22-19(24)16-12(8-29-20(16)23-18)14-3-2-4-25-14/h2-6,8,10H,7,9H2,1H3,(H,22,23,24). The van der Waals surface area contributed by atoms with Crippen LogP contribution in [0.25, 0.3) is 21.5 Å². The van der Waals surface area contributed by atoms with Crippen molar-refractivity contribution < 1.29 is 13.9 Å². The van der Waals surface area contributed by atoms with Gasteiger partial charge in [0.25, 0.3) is 5.56 Å². The number of hydrogen-bond donors (Lipinski definition) is 1. The maximum absolute atomic E-state index is 12.7. The number of fused-ring (bicyclic) bond motifs is 2. The summed E-state index contributed by atoms with van der Waals surface area (Å²) in [6.45, 7) is 2.21. The average Bonchev–Trinajstić information content (AvgIpc) is 3.45. The predicted octanol–water partition coefficient (Wildman–Crippen LogP) is 5.62. The van der Waals surface area contributed by atoms with Crippen LogP contribution in [-0.4, -0.2) is 16.8 Å². The van der Waals surface area contributed by atoms with Gasteiger partial charge in [-0.3, -0.25) is 4.79 Å². The second-order valence-corrected chi connectivity index (χ2v) is 9.12. The van der Waals surface area contributed by atoms with Crippen LogP contribution < -0.4 is 15.0 Å². The molecule has 1 unspecified atom stereocenters. The molecule has 3 aromatic heterocycles. The Labute approximate surface area is 178 Å². The van der Waals surface area contributed by atoms with Gasteiger partial charge in [-0.05, 0) is 36.8 Å². The topological polar surface area (TPSA) is 77.3 Å². The van der Waals surface area contributed by atoms with E-state index in [4.69, 9.17) is 25.5 Å². The SMILES string of the molecule is CC(SCc1cc(Cl)c2c(c1)OCO2)c1nc2scc(-c3ccco3)c2c(=O)[nH]1. The average molecular weight is 447 g/mol. The van der Waals surface area contributed by atoms with Gasteiger partial charge in [0.15, 0.2) is 11.5 Å². The van der Waals surface area contributed by atoms with E-state index in [1.54, 1.807) is 24.1 Å². The molecule has 5 rings (SSSR count). The Hall–Kier alpha value is -2.42. The normalized spacial score (nSPS) is 13.9. The number of aromatic nitrogens is 2. The highest BCUT2D eigenvalue weighted by atomic mass is 35.5. The fourth-order valence-corrected chi connectivity index (χ4v) is 5.28. The Kier molecular flexibility index (Phi) is 4.77. The Balaban J connectivity index is 1.38. The molecule has 0 saturated heterocycles. The molecule has 1 aliphatic rings. The van der Waals surface area contributed by atoms with Crippen molar-refractivity contribution in [3.05, 3.63) is 62.7 Å². The summed E-state index contributed by atoms with van der Waals surface area (Å²) in [6.07, 6.45) is 1.59. The smallest absolute Gasteiger partial charge is 0.260 e. The third-order valence-corrected chi connectivity index (χ3v) is 7.00. The van der Waals surface area contributed by atoms with E-state index in [1.807, 2.05) is 30.5 Å². The Morgan fingerprint density at radius 1 is 1.38 bits per heavy atom. The van der Waals surface area contributed by atoms with Crippen LogP contribution in [0.2, 0.25) is 5.02 Å². The van der Waals surface area contributed by atoms with Gasteiger partial charge in [0.1, 0.15) is 16.4 Å². The molecular weight excluding hydrogens is 432 g/mol. The summed E-state index contributed by atoms with van der Waals surface area (Å²) < 4.78 is 16.2. The van der Waals surface area contributed by atoms with Crippen LogP contribution in [-0.2, 0) is 5.75 Å². The highest BCUT2D eigenvalue weighted by Gasteiger charge is 2.20. The molecule has 1 atom stereocenters. The molecule has 0 amide bonds. The number of furan rings is 1. The minimum absolute atomic E-state index is 0.00883. The summed E-state index contributed by atoms with van der Waals surface area (Å²) in [5.41, 5.74) is 1.64. The van der Waals surface area contributed by atoms with Crippen molar-refractivity contribution in [2.24, 2.45) is 0 Å². The van der Waals surface area contributed by atoms with Gasteiger partial charge in [0.2, 0.25) is 6.79 Å². The zero-order valence-electron chi connectivity index (χ0n) is 15.2. The van der Waals surface area contributed by atoms with Gasteiger partial charge in [-0.15, -0.1) is 23.1 Å². The van der Waals surface area contributed by atoms with Crippen molar-refractivity contribution in [2.75, 3.05) is 6.79 Å². The highest BCUT2D eigenvalue weighted by Crippen LogP contribution is 2.41. The van der Waals surface area contributed by atoms with Crippen molar-refractivity contribution in [1.29, 1.82) is 0 Å². The number of ether oxygens (including phenoxy) is 2. The Morgan fingerprint density at radius 2 is 2.28 bits per heavy atom. The number of hydrogen-bond acceptors (Lipinski definition) is 7. The van der Waals surface area contributed by atoms with Gasteiger partial charge in [0, 0.05) is 16.7 Å². The quantitative estimate of drug-likeness (QED) is 0.428. The molecule has 1 aliphatic heterocycles. The van der Waals surface area contributed by atoms with Crippen molar-refractivity contribution in [3.63, 3.8) is 0 Å². The molecule has 0 aliphatic carbocycles. The second-order valence-electron chi connectivity index (χ2n) is 6.52. The van der Waals surface area contributed by atoms with E-state index in [1.165, 1.54) is 11.3 Å². The van der Waals surface area contributed by atoms with E-state index < -0.39 is 0 Å². The molecule has 148 valence electrons. The van der Waals surface area contributed by atoms with E-state index in [0.29, 0.717) is 44.1 Å². The fourth-order valence-electron chi connectivity index (χ4n) is 3.18. The number of thioether (sulfide) groups is 1. The zero-order valence-corrected chi connectivity index (χ0v) is 17.6. The lowest BCUT2D eigenvalue weighted by Gasteiger charge is -2.11. The minimum Gasteiger partial charge on any atom is -0.464 e. The second kappa shape index (κ2) is 7.44. The molecule has 0 spiro atoms. The summed E-state index contributed by atoms with van der Waals surface area (Å²) in [4.78, 5) is 21.1. The van der Waals surface area contributed by atoms with Crippen molar-refractivity contribution in [2.45, 2.75) is 17.9 Å². The largest absolute Gasteiger partial charge is 0.464 e. The van der Waals surface area contributed by atoms with Crippen molar-refractivity contribution >= 4 is 44.9 Å². The summed E-state index contributed by atoms with van der Waals surface area (Å²) in [5.74, 6) is 3.26. The molecule has 29 heavy (non-hydrogen) atoms.